The third-order valence-corrected chi connectivity index (χ3v) is 6.37. The lowest BCUT2D eigenvalue weighted by atomic mass is 9.99. The minimum absolute atomic E-state index is 0. The second-order valence-corrected chi connectivity index (χ2v) is 9.31. The summed E-state index contributed by atoms with van der Waals surface area (Å²) < 4.78 is 13.5. The molecular formula is C33H42FN3O. The van der Waals surface area contributed by atoms with Crippen LogP contribution in [0.2, 0.25) is 0 Å². The van der Waals surface area contributed by atoms with E-state index < -0.39 is 0 Å². The van der Waals surface area contributed by atoms with Gasteiger partial charge >= 0.3 is 0 Å². The van der Waals surface area contributed by atoms with Gasteiger partial charge in [0.25, 0.3) is 0 Å². The normalized spacial score (nSPS) is 12.4. The number of fused-ring (bicyclic) bond motifs is 1. The summed E-state index contributed by atoms with van der Waals surface area (Å²) in [7, 11) is 0. The molecule has 0 radical (unpaired) electrons. The molecule has 1 heterocycles. The van der Waals surface area contributed by atoms with Crippen molar-refractivity contribution < 1.29 is 9.18 Å². The zero-order valence-corrected chi connectivity index (χ0v) is 22.5. The predicted octanol–water partition coefficient (Wildman–Crippen LogP) is 8.63. The van der Waals surface area contributed by atoms with E-state index in [1.165, 1.54) is 23.3 Å². The average molecular weight is 516 g/mol. The first kappa shape index (κ1) is 30.6. The first-order chi connectivity index (χ1) is 17.9. The Bertz CT molecular complexity index is 1310. The lowest BCUT2D eigenvalue weighted by Gasteiger charge is -2.16. The topological polar surface area (TPSA) is 54.9 Å². The maximum atomic E-state index is 13.5. The Balaban J connectivity index is 0.00000165. The number of hydrogen-bond donors (Lipinski definition) is 1. The van der Waals surface area contributed by atoms with Crippen LogP contribution in [0.1, 0.15) is 78.5 Å². The number of aryl methyl sites for hydroxylation is 1. The van der Waals surface area contributed by atoms with Crippen molar-refractivity contribution in [1.82, 2.24) is 15.3 Å². The molecule has 1 aromatic heterocycles. The van der Waals surface area contributed by atoms with Crippen LogP contribution < -0.4 is 5.32 Å². The van der Waals surface area contributed by atoms with E-state index >= 15 is 0 Å². The highest BCUT2D eigenvalue weighted by Gasteiger charge is 2.13. The number of unbranched alkanes of at least 4 members (excludes halogenated alkanes) is 1. The van der Waals surface area contributed by atoms with Gasteiger partial charge in [-0.3, -0.25) is 0 Å². The molecule has 0 amide bonds. The van der Waals surface area contributed by atoms with Crippen LogP contribution in [-0.4, -0.2) is 22.3 Å². The van der Waals surface area contributed by atoms with Crippen LogP contribution in [-0.2, 0) is 11.2 Å². The molecule has 0 saturated carbocycles. The minimum atomic E-state index is -0.281. The highest BCUT2D eigenvalue weighted by molar-refractivity contribution is 5.82. The van der Waals surface area contributed by atoms with Crippen molar-refractivity contribution in [1.29, 1.82) is 0 Å². The van der Waals surface area contributed by atoms with E-state index in [1.54, 1.807) is 19.1 Å². The van der Waals surface area contributed by atoms with Crippen LogP contribution in [0.15, 0.2) is 72.3 Å². The summed E-state index contributed by atoms with van der Waals surface area (Å²) in [6.45, 7) is 12.8. The van der Waals surface area contributed by atoms with Crippen LogP contribution in [0.5, 0.6) is 0 Å². The molecule has 0 saturated heterocycles. The number of nitrogens with zero attached hydrogens (tertiary/aromatic N) is 2. The molecule has 2 aromatic carbocycles. The van der Waals surface area contributed by atoms with E-state index in [4.69, 9.17) is 9.97 Å². The quantitative estimate of drug-likeness (QED) is 0.275. The van der Waals surface area contributed by atoms with Crippen molar-refractivity contribution in [3.8, 4) is 11.3 Å². The highest BCUT2D eigenvalue weighted by atomic mass is 19.1. The van der Waals surface area contributed by atoms with Crippen molar-refractivity contribution >= 4 is 22.5 Å². The number of aromatic nitrogens is 2. The highest BCUT2D eigenvalue weighted by Crippen LogP contribution is 2.27. The van der Waals surface area contributed by atoms with Gasteiger partial charge in [0.2, 0.25) is 0 Å². The van der Waals surface area contributed by atoms with Gasteiger partial charge in [0.05, 0.1) is 22.4 Å². The first-order valence-electron chi connectivity index (χ1n) is 13.2. The summed E-state index contributed by atoms with van der Waals surface area (Å²) in [6.07, 6.45) is 9.48. The summed E-state index contributed by atoms with van der Waals surface area (Å²) in [4.78, 5) is 21.2. The molecule has 1 aliphatic carbocycles. The van der Waals surface area contributed by atoms with E-state index in [-0.39, 0.29) is 19.0 Å². The number of nitrogens with one attached hydrogen (secondary N) is 1. The van der Waals surface area contributed by atoms with E-state index in [0.29, 0.717) is 12.8 Å². The van der Waals surface area contributed by atoms with Crippen molar-refractivity contribution in [2.45, 2.75) is 73.6 Å². The van der Waals surface area contributed by atoms with Gasteiger partial charge in [0, 0.05) is 24.2 Å². The average Bonchev–Trinajstić information content (AvgIpc) is 2.91. The second kappa shape index (κ2) is 15.0. The first-order valence-corrected chi connectivity index (χ1v) is 13.2. The Morgan fingerprint density at radius 2 is 1.74 bits per heavy atom. The van der Waals surface area contributed by atoms with Gasteiger partial charge in [-0.25, -0.2) is 14.4 Å². The number of halogens is 1. The summed E-state index contributed by atoms with van der Waals surface area (Å²) in [5.74, 6) is -0.0875. The number of Topliss-reactive ketones (excluding diaryl/α,β-unsaturated/α-hetero) is 1. The number of carbonyl (C=O) groups excluding carboxylic acids is 1. The molecule has 4 nitrogen and oxygen atoms in total. The number of rotatable bonds is 10. The standard InChI is InChI=1S/C30H32FN3O.C2H6.CH4/c1-20-8-10-23(11-9-20)19-32-22(3)25-14-17-27-29(18-25)33-28(7-5-4-6-21(2)35)30(34-27)24-12-15-26(31)16-13-24;1-2;/h8,10,12-18,32H,3-7,9,11,19H2,1-2H3;1-2H3;1H4. The maximum Gasteiger partial charge on any atom is 0.129 e. The van der Waals surface area contributed by atoms with Crippen LogP contribution in [0.3, 0.4) is 0 Å². The fraction of sp³-hybridized carbons (Fsp3) is 0.364. The summed E-state index contributed by atoms with van der Waals surface area (Å²) >= 11 is 0. The summed E-state index contributed by atoms with van der Waals surface area (Å²) in [5, 5.41) is 3.45. The fourth-order valence-electron chi connectivity index (χ4n) is 4.21. The molecule has 0 aliphatic heterocycles. The van der Waals surface area contributed by atoms with E-state index in [9.17, 15) is 9.18 Å². The van der Waals surface area contributed by atoms with Gasteiger partial charge in [-0.05, 0) is 87.9 Å². The summed E-state index contributed by atoms with van der Waals surface area (Å²) in [6, 6.07) is 12.3. The minimum Gasteiger partial charge on any atom is -0.381 e. The molecule has 4 rings (SSSR count). The number of ketones is 1. The Kier molecular flexibility index (Phi) is 12.1. The van der Waals surface area contributed by atoms with Gasteiger partial charge in [-0.15, -0.1) is 0 Å². The SMILES string of the molecule is C.C=C(NCC1=CC=C(C)CC1)c1ccc2nc(-c3ccc(F)cc3)c(CCCCC(C)=O)nc2c1.CC. The molecule has 5 heteroatoms. The molecule has 0 fully saturated rings. The van der Waals surface area contributed by atoms with Crippen molar-refractivity contribution in [3.05, 3.63) is 89.4 Å². The van der Waals surface area contributed by atoms with Crippen LogP contribution in [0.4, 0.5) is 4.39 Å². The number of carbonyl (C=O) groups is 1. The van der Waals surface area contributed by atoms with Crippen molar-refractivity contribution in [2.24, 2.45) is 0 Å². The second-order valence-electron chi connectivity index (χ2n) is 9.31. The third kappa shape index (κ3) is 8.47. The molecule has 0 spiro atoms. The Morgan fingerprint density at radius 1 is 1.00 bits per heavy atom. The van der Waals surface area contributed by atoms with Gasteiger partial charge in [-0.1, -0.05) is 57.2 Å². The number of benzene rings is 2. The van der Waals surface area contributed by atoms with E-state index in [0.717, 1.165) is 71.5 Å². The zero-order chi connectivity index (χ0) is 26.8. The smallest absolute Gasteiger partial charge is 0.129 e. The van der Waals surface area contributed by atoms with Crippen LogP contribution >= 0.6 is 0 Å². The molecule has 0 atom stereocenters. The molecule has 38 heavy (non-hydrogen) atoms. The van der Waals surface area contributed by atoms with Crippen molar-refractivity contribution in [3.63, 3.8) is 0 Å². The largest absolute Gasteiger partial charge is 0.381 e. The molecule has 3 aromatic rings. The molecule has 0 unspecified atom stereocenters. The lowest BCUT2D eigenvalue weighted by molar-refractivity contribution is -0.117. The van der Waals surface area contributed by atoms with Crippen LogP contribution in [0.25, 0.3) is 28.0 Å². The third-order valence-electron chi connectivity index (χ3n) is 6.37. The fourth-order valence-corrected chi connectivity index (χ4v) is 4.21. The molecule has 202 valence electrons. The van der Waals surface area contributed by atoms with Crippen LogP contribution in [0, 0.1) is 5.82 Å². The predicted molar refractivity (Wildman–Crippen MR) is 159 cm³/mol. The van der Waals surface area contributed by atoms with Gasteiger partial charge in [0.1, 0.15) is 11.6 Å². The molecule has 1 aliphatic rings. The molecule has 0 bridgehead atoms. The van der Waals surface area contributed by atoms with Gasteiger partial charge in [0.15, 0.2) is 0 Å². The maximum absolute atomic E-state index is 13.5. The summed E-state index contributed by atoms with van der Waals surface area (Å²) in [5.41, 5.74) is 8.65. The molecular weight excluding hydrogens is 473 g/mol. The monoisotopic (exact) mass is 515 g/mol. The zero-order valence-electron chi connectivity index (χ0n) is 22.5. The van der Waals surface area contributed by atoms with E-state index in [2.05, 4.69) is 31.0 Å². The number of hydrogen-bond acceptors (Lipinski definition) is 4. The Morgan fingerprint density at radius 3 is 2.39 bits per heavy atom. The Hall–Kier alpha value is -3.60. The van der Waals surface area contributed by atoms with Gasteiger partial charge < -0.3 is 10.1 Å². The lowest BCUT2D eigenvalue weighted by Crippen LogP contribution is -2.16. The molecule has 1 N–H and O–H groups in total. The Labute approximate surface area is 227 Å². The van der Waals surface area contributed by atoms with Gasteiger partial charge in [-0.2, -0.15) is 0 Å². The van der Waals surface area contributed by atoms with E-state index in [1.807, 2.05) is 32.0 Å². The number of allylic oxidation sites excluding steroid dienone is 3. The van der Waals surface area contributed by atoms with Crippen molar-refractivity contribution in [2.75, 3.05) is 6.54 Å².